The van der Waals surface area contributed by atoms with Crippen LogP contribution in [0.5, 0.6) is 0 Å². The Bertz CT molecular complexity index is 367. The van der Waals surface area contributed by atoms with Crippen molar-refractivity contribution in [2.75, 3.05) is 38.7 Å². The van der Waals surface area contributed by atoms with Gasteiger partial charge in [-0.15, -0.1) is 10.2 Å². The van der Waals surface area contributed by atoms with E-state index in [1.807, 2.05) is 0 Å². The Labute approximate surface area is 119 Å². The number of ether oxygens (including phenoxy) is 1. The second kappa shape index (κ2) is 7.77. The van der Waals surface area contributed by atoms with E-state index in [2.05, 4.69) is 34.4 Å². The van der Waals surface area contributed by atoms with Crippen molar-refractivity contribution < 1.29 is 4.74 Å². The Kier molecular flexibility index (Phi) is 6.00. The number of likely N-dealkylation sites (N-methyl/N-ethyl adjacent to an activating group) is 1. The fourth-order valence-corrected chi connectivity index (χ4v) is 2.53. The molecule has 6 heteroatoms. The fraction of sp³-hybridized carbons (Fsp3) is 0.846. The van der Waals surface area contributed by atoms with E-state index in [0.29, 0.717) is 0 Å². The molecule has 19 heavy (non-hydrogen) atoms. The molecule has 0 atom stereocenters. The van der Waals surface area contributed by atoms with Crippen molar-refractivity contribution in [1.82, 2.24) is 15.1 Å². The van der Waals surface area contributed by atoms with E-state index in [9.17, 15) is 0 Å². The van der Waals surface area contributed by atoms with Gasteiger partial charge in [-0.05, 0) is 32.2 Å². The third kappa shape index (κ3) is 5.84. The van der Waals surface area contributed by atoms with E-state index < -0.39 is 0 Å². The lowest BCUT2D eigenvalue weighted by molar-refractivity contribution is 0.102. The zero-order valence-electron chi connectivity index (χ0n) is 11.9. The summed E-state index contributed by atoms with van der Waals surface area (Å²) in [7, 11) is 2.10. The average molecular weight is 284 g/mol. The predicted molar refractivity (Wildman–Crippen MR) is 78.6 cm³/mol. The highest BCUT2D eigenvalue weighted by molar-refractivity contribution is 7.15. The van der Waals surface area contributed by atoms with E-state index >= 15 is 0 Å². The SMILES string of the molecule is CCCNc1nnc(CN(C)CCOCC2CC2)s1. The summed E-state index contributed by atoms with van der Waals surface area (Å²) in [5.74, 6) is 0.848. The van der Waals surface area contributed by atoms with Crippen LogP contribution in [0.25, 0.3) is 0 Å². The van der Waals surface area contributed by atoms with Crippen molar-refractivity contribution in [3.05, 3.63) is 5.01 Å². The third-order valence-corrected chi connectivity index (χ3v) is 3.93. The minimum Gasteiger partial charge on any atom is -0.380 e. The number of hydrogen-bond acceptors (Lipinski definition) is 6. The Morgan fingerprint density at radius 2 is 2.26 bits per heavy atom. The maximum absolute atomic E-state index is 5.64. The van der Waals surface area contributed by atoms with Gasteiger partial charge in [-0.3, -0.25) is 4.90 Å². The molecule has 0 spiro atoms. The van der Waals surface area contributed by atoms with Crippen molar-refractivity contribution in [3.63, 3.8) is 0 Å². The van der Waals surface area contributed by atoms with Crippen LogP contribution in [-0.4, -0.2) is 48.4 Å². The summed E-state index contributed by atoms with van der Waals surface area (Å²) in [6.45, 7) is 6.65. The molecule has 0 bridgehead atoms. The number of anilines is 1. The van der Waals surface area contributed by atoms with Gasteiger partial charge in [-0.25, -0.2) is 0 Å². The van der Waals surface area contributed by atoms with E-state index in [0.717, 1.165) is 55.3 Å². The van der Waals surface area contributed by atoms with E-state index in [1.54, 1.807) is 11.3 Å². The number of hydrogen-bond donors (Lipinski definition) is 1. The second-order valence-corrected chi connectivity index (χ2v) is 6.25. The maximum atomic E-state index is 5.64. The third-order valence-electron chi connectivity index (χ3n) is 3.07. The standard InChI is InChI=1S/C13H24N4OS/c1-3-6-14-13-16-15-12(19-13)9-17(2)7-8-18-10-11-4-5-11/h11H,3-10H2,1-2H3,(H,14,16). The minimum absolute atomic E-state index is 0.812. The van der Waals surface area contributed by atoms with Crippen molar-refractivity contribution >= 4 is 16.5 Å². The zero-order valence-corrected chi connectivity index (χ0v) is 12.7. The van der Waals surface area contributed by atoms with Gasteiger partial charge in [0.05, 0.1) is 13.2 Å². The van der Waals surface area contributed by atoms with Crippen LogP contribution in [0.1, 0.15) is 31.2 Å². The molecule has 1 aliphatic carbocycles. The van der Waals surface area contributed by atoms with Crippen molar-refractivity contribution in [3.8, 4) is 0 Å². The summed E-state index contributed by atoms with van der Waals surface area (Å²) in [5, 5.41) is 13.6. The van der Waals surface area contributed by atoms with Gasteiger partial charge in [0, 0.05) is 19.7 Å². The first kappa shape index (κ1) is 14.7. The monoisotopic (exact) mass is 284 g/mol. The topological polar surface area (TPSA) is 50.3 Å². The summed E-state index contributed by atoms with van der Waals surface area (Å²) in [4.78, 5) is 2.23. The highest BCUT2D eigenvalue weighted by Gasteiger charge is 2.20. The normalized spacial score (nSPS) is 15.1. The van der Waals surface area contributed by atoms with Gasteiger partial charge in [-0.2, -0.15) is 0 Å². The van der Waals surface area contributed by atoms with Gasteiger partial charge in [0.2, 0.25) is 5.13 Å². The largest absolute Gasteiger partial charge is 0.380 e. The average Bonchev–Trinajstić information content (AvgIpc) is 3.12. The smallest absolute Gasteiger partial charge is 0.205 e. The van der Waals surface area contributed by atoms with Crippen LogP contribution < -0.4 is 5.32 Å². The summed E-state index contributed by atoms with van der Waals surface area (Å²) in [6.07, 6.45) is 3.81. The molecule has 0 unspecified atom stereocenters. The molecular weight excluding hydrogens is 260 g/mol. The molecule has 0 saturated heterocycles. The molecule has 1 fully saturated rings. The summed E-state index contributed by atoms with van der Waals surface area (Å²) >= 11 is 1.64. The van der Waals surface area contributed by atoms with Gasteiger partial charge in [0.25, 0.3) is 0 Å². The maximum Gasteiger partial charge on any atom is 0.205 e. The molecule has 0 aliphatic heterocycles. The lowest BCUT2D eigenvalue weighted by Crippen LogP contribution is -2.23. The Balaban J connectivity index is 1.60. The lowest BCUT2D eigenvalue weighted by atomic mass is 10.5. The first-order valence-electron chi connectivity index (χ1n) is 7.10. The molecule has 1 aromatic heterocycles. The first-order chi connectivity index (χ1) is 9.28. The van der Waals surface area contributed by atoms with Gasteiger partial charge >= 0.3 is 0 Å². The van der Waals surface area contributed by atoms with Gasteiger partial charge in [0.15, 0.2) is 0 Å². The van der Waals surface area contributed by atoms with E-state index in [-0.39, 0.29) is 0 Å². The number of aromatic nitrogens is 2. The Morgan fingerprint density at radius 1 is 1.42 bits per heavy atom. The molecule has 1 aliphatic rings. The van der Waals surface area contributed by atoms with Crippen LogP contribution in [0.4, 0.5) is 5.13 Å². The minimum atomic E-state index is 0.812. The van der Waals surface area contributed by atoms with Gasteiger partial charge < -0.3 is 10.1 Å². The van der Waals surface area contributed by atoms with E-state index in [1.165, 1.54) is 12.8 Å². The molecule has 5 nitrogen and oxygen atoms in total. The molecule has 1 saturated carbocycles. The molecule has 2 rings (SSSR count). The van der Waals surface area contributed by atoms with Gasteiger partial charge in [-0.1, -0.05) is 18.3 Å². The second-order valence-electron chi connectivity index (χ2n) is 5.18. The molecule has 108 valence electrons. The summed E-state index contributed by atoms with van der Waals surface area (Å²) < 4.78 is 5.64. The quantitative estimate of drug-likeness (QED) is 0.668. The van der Waals surface area contributed by atoms with Crippen LogP contribution in [0.2, 0.25) is 0 Å². The Morgan fingerprint density at radius 3 is 3.00 bits per heavy atom. The molecule has 1 heterocycles. The number of nitrogens with one attached hydrogen (secondary N) is 1. The molecule has 1 aromatic rings. The molecule has 0 radical (unpaired) electrons. The van der Waals surface area contributed by atoms with Crippen molar-refractivity contribution in [1.29, 1.82) is 0 Å². The van der Waals surface area contributed by atoms with Crippen LogP contribution in [0.3, 0.4) is 0 Å². The van der Waals surface area contributed by atoms with Crippen LogP contribution in [-0.2, 0) is 11.3 Å². The van der Waals surface area contributed by atoms with Gasteiger partial charge in [0.1, 0.15) is 5.01 Å². The van der Waals surface area contributed by atoms with Crippen molar-refractivity contribution in [2.24, 2.45) is 5.92 Å². The summed E-state index contributed by atoms with van der Waals surface area (Å²) in [5.41, 5.74) is 0. The fourth-order valence-electron chi connectivity index (χ4n) is 1.69. The zero-order chi connectivity index (χ0) is 13.5. The Hall–Kier alpha value is -0.720. The van der Waals surface area contributed by atoms with Crippen molar-refractivity contribution in [2.45, 2.75) is 32.7 Å². The molecular formula is C13H24N4OS. The molecule has 0 amide bonds. The highest BCUT2D eigenvalue weighted by Crippen LogP contribution is 2.28. The van der Waals surface area contributed by atoms with Crippen LogP contribution >= 0.6 is 11.3 Å². The first-order valence-corrected chi connectivity index (χ1v) is 7.92. The van der Waals surface area contributed by atoms with Crippen LogP contribution in [0, 0.1) is 5.92 Å². The molecule has 1 N–H and O–H groups in total. The van der Waals surface area contributed by atoms with Crippen LogP contribution in [0.15, 0.2) is 0 Å². The molecule has 0 aromatic carbocycles. The number of rotatable bonds is 10. The van der Waals surface area contributed by atoms with E-state index in [4.69, 9.17) is 4.74 Å². The number of nitrogens with zero attached hydrogens (tertiary/aromatic N) is 3. The lowest BCUT2D eigenvalue weighted by Gasteiger charge is -2.14. The predicted octanol–water partition coefficient (Wildman–Crippen LogP) is 2.22. The summed E-state index contributed by atoms with van der Waals surface area (Å²) in [6, 6.07) is 0. The highest BCUT2D eigenvalue weighted by atomic mass is 32.1.